The Morgan fingerprint density at radius 3 is 2.48 bits per heavy atom. The number of benzene rings is 2. The number of urea groups is 1. The lowest BCUT2D eigenvalue weighted by molar-refractivity contribution is -0.143. The van der Waals surface area contributed by atoms with Crippen molar-refractivity contribution in [2.24, 2.45) is 5.92 Å². The maximum Gasteiger partial charge on any atom is 0.317 e. The van der Waals surface area contributed by atoms with E-state index in [2.05, 4.69) is 36.5 Å². The van der Waals surface area contributed by atoms with E-state index in [-0.39, 0.29) is 18.1 Å². The molecule has 1 unspecified atom stereocenters. The summed E-state index contributed by atoms with van der Waals surface area (Å²) in [6, 6.07) is 14.4. The SMILES string of the molecule is CC1Cc2cc(-c3ccc(CNC(=O)N4CCC(C(=O)O)CC4)cc3)ccc2O1. The molecular formula is C23H26N2O4. The van der Waals surface area contributed by atoms with Gasteiger partial charge >= 0.3 is 12.0 Å². The van der Waals surface area contributed by atoms with E-state index in [9.17, 15) is 9.59 Å². The number of amides is 2. The van der Waals surface area contributed by atoms with Crippen molar-refractivity contribution >= 4 is 12.0 Å². The number of nitrogens with one attached hydrogen (secondary N) is 1. The van der Waals surface area contributed by atoms with Gasteiger partial charge in [-0.05, 0) is 54.2 Å². The first kappa shape index (κ1) is 19.3. The van der Waals surface area contributed by atoms with Crippen LogP contribution >= 0.6 is 0 Å². The van der Waals surface area contributed by atoms with Crippen LogP contribution in [0.1, 0.15) is 30.9 Å². The van der Waals surface area contributed by atoms with Crippen LogP contribution in [0.25, 0.3) is 11.1 Å². The molecule has 2 aromatic carbocycles. The van der Waals surface area contributed by atoms with Crippen LogP contribution in [0.5, 0.6) is 5.75 Å². The second-order valence-electron chi connectivity index (χ2n) is 7.91. The van der Waals surface area contributed by atoms with Crippen molar-refractivity contribution in [3.63, 3.8) is 0 Å². The van der Waals surface area contributed by atoms with Crippen molar-refractivity contribution in [1.82, 2.24) is 10.2 Å². The molecule has 29 heavy (non-hydrogen) atoms. The molecule has 0 radical (unpaired) electrons. The van der Waals surface area contributed by atoms with Crippen LogP contribution in [0, 0.1) is 5.92 Å². The molecule has 6 nitrogen and oxygen atoms in total. The van der Waals surface area contributed by atoms with Gasteiger partial charge in [0.05, 0.1) is 5.92 Å². The number of carboxylic acids is 1. The predicted octanol–water partition coefficient (Wildman–Crippen LogP) is 3.68. The lowest BCUT2D eigenvalue weighted by Gasteiger charge is -2.30. The number of piperidine rings is 1. The second-order valence-corrected chi connectivity index (χ2v) is 7.91. The van der Waals surface area contributed by atoms with Crippen LogP contribution in [-0.4, -0.2) is 41.2 Å². The van der Waals surface area contributed by atoms with Gasteiger partial charge < -0.3 is 20.1 Å². The molecule has 2 amide bonds. The topological polar surface area (TPSA) is 78.9 Å². The van der Waals surface area contributed by atoms with Gasteiger partial charge in [-0.15, -0.1) is 0 Å². The molecule has 2 aliphatic heterocycles. The van der Waals surface area contributed by atoms with Gasteiger partial charge in [-0.25, -0.2) is 4.79 Å². The lowest BCUT2D eigenvalue weighted by atomic mass is 9.97. The first-order chi connectivity index (χ1) is 14.0. The van der Waals surface area contributed by atoms with Crippen molar-refractivity contribution in [3.8, 4) is 16.9 Å². The summed E-state index contributed by atoms with van der Waals surface area (Å²) in [7, 11) is 0. The van der Waals surface area contributed by atoms with E-state index in [0.29, 0.717) is 32.5 Å². The highest BCUT2D eigenvalue weighted by atomic mass is 16.5. The minimum absolute atomic E-state index is 0.134. The molecule has 2 aromatic rings. The second kappa shape index (κ2) is 8.15. The van der Waals surface area contributed by atoms with E-state index in [4.69, 9.17) is 9.84 Å². The minimum atomic E-state index is -0.768. The van der Waals surface area contributed by atoms with Gasteiger partial charge in [0.2, 0.25) is 0 Å². The van der Waals surface area contributed by atoms with E-state index < -0.39 is 5.97 Å². The maximum absolute atomic E-state index is 12.3. The molecule has 0 spiro atoms. The minimum Gasteiger partial charge on any atom is -0.490 e. The third-order valence-corrected chi connectivity index (χ3v) is 5.76. The van der Waals surface area contributed by atoms with E-state index in [1.54, 1.807) is 4.90 Å². The normalized spacial score (nSPS) is 18.8. The van der Waals surface area contributed by atoms with Gasteiger partial charge in [-0.1, -0.05) is 30.3 Å². The molecule has 6 heteroatoms. The summed E-state index contributed by atoms with van der Waals surface area (Å²) in [5.74, 6) is -0.121. The van der Waals surface area contributed by atoms with Gasteiger partial charge in [-0.2, -0.15) is 0 Å². The number of ether oxygens (including phenoxy) is 1. The number of carbonyl (C=O) groups excluding carboxylic acids is 1. The fourth-order valence-electron chi connectivity index (χ4n) is 4.04. The van der Waals surface area contributed by atoms with Crippen molar-refractivity contribution in [2.45, 2.75) is 38.8 Å². The number of rotatable bonds is 4. The fraction of sp³-hybridized carbons (Fsp3) is 0.391. The van der Waals surface area contributed by atoms with Crippen molar-refractivity contribution < 1.29 is 19.4 Å². The van der Waals surface area contributed by atoms with Gasteiger partial charge in [0.1, 0.15) is 11.9 Å². The Labute approximate surface area is 170 Å². The Kier molecular flexibility index (Phi) is 5.43. The Bertz CT molecular complexity index is 902. The van der Waals surface area contributed by atoms with E-state index in [0.717, 1.165) is 23.3 Å². The van der Waals surface area contributed by atoms with E-state index >= 15 is 0 Å². The Hall–Kier alpha value is -3.02. The van der Waals surface area contributed by atoms with Crippen LogP contribution in [0.3, 0.4) is 0 Å². The Morgan fingerprint density at radius 1 is 1.10 bits per heavy atom. The number of likely N-dealkylation sites (tertiary alicyclic amines) is 1. The molecule has 1 atom stereocenters. The number of carboxylic acid groups (broad SMARTS) is 1. The molecule has 0 saturated carbocycles. The summed E-state index contributed by atoms with van der Waals surface area (Å²) < 4.78 is 5.77. The smallest absolute Gasteiger partial charge is 0.317 e. The lowest BCUT2D eigenvalue weighted by Crippen LogP contribution is -2.45. The van der Waals surface area contributed by atoms with Gasteiger partial charge in [-0.3, -0.25) is 4.79 Å². The highest BCUT2D eigenvalue weighted by Gasteiger charge is 2.26. The molecule has 0 bridgehead atoms. The van der Waals surface area contributed by atoms with Crippen LogP contribution < -0.4 is 10.1 Å². The highest BCUT2D eigenvalue weighted by molar-refractivity contribution is 5.75. The average molecular weight is 394 g/mol. The predicted molar refractivity (Wildman–Crippen MR) is 110 cm³/mol. The van der Waals surface area contributed by atoms with Crippen LogP contribution in [0.2, 0.25) is 0 Å². The molecule has 2 N–H and O–H groups in total. The van der Waals surface area contributed by atoms with Gasteiger partial charge in [0.15, 0.2) is 0 Å². The van der Waals surface area contributed by atoms with Crippen molar-refractivity contribution in [3.05, 3.63) is 53.6 Å². The van der Waals surface area contributed by atoms with Crippen LogP contribution in [0.4, 0.5) is 4.79 Å². The molecule has 1 fully saturated rings. The average Bonchev–Trinajstić information content (AvgIpc) is 3.11. The molecule has 2 aliphatic rings. The largest absolute Gasteiger partial charge is 0.490 e. The number of fused-ring (bicyclic) bond motifs is 1. The summed E-state index contributed by atoms with van der Waals surface area (Å²) in [5.41, 5.74) is 4.58. The zero-order valence-corrected chi connectivity index (χ0v) is 16.6. The van der Waals surface area contributed by atoms with Crippen molar-refractivity contribution in [2.75, 3.05) is 13.1 Å². The highest BCUT2D eigenvalue weighted by Crippen LogP contribution is 2.32. The number of hydrogen-bond acceptors (Lipinski definition) is 3. The van der Waals surface area contributed by atoms with Crippen LogP contribution in [-0.2, 0) is 17.8 Å². The summed E-state index contributed by atoms with van der Waals surface area (Å²) in [4.78, 5) is 25.0. The summed E-state index contributed by atoms with van der Waals surface area (Å²) >= 11 is 0. The van der Waals surface area contributed by atoms with E-state index in [1.165, 1.54) is 11.1 Å². The third kappa shape index (κ3) is 4.36. The fourth-order valence-corrected chi connectivity index (χ4v) is 4.04. The van der Waals surface area contributed by atoms with E-state index in [1.807, 2.05) is 18.2 Å². The summed E-state index contributed by atoms with van der Waals surface area (Å²) in [6.07, 6.45) is 2.21. The van der Waals surface area contributed by atoms with Gasteiger partial charge in [0.25, 0.3) is 0 Å². The van der Waals surface area contributed by atoms with Crippen molar-refractivity contribution in [1.29, 1.82) is 0 Å². The number of nitrogens with zero attached hydrogens (tertiary/aromatic N) is 1. The first-order valence-electron chi connectivity index (χ1n) is 10.1. The first-order valence-corrected chi connectivity index (χ1v) is 10.1. The standard InChI is InChI=1S/C23H26N2O4/c1-15-12-20-13-19(6-7-21(20)29-15)17-4-2-16(3-5-17)14-24-23(28)25-10-8-18(9-11-25)22(26)27/h2-7,13,15,18H,8-12,14H2,1H3,(H,24,28)(H,26,27). The van der Waals surface area contributed by atoms with Gasteiger partial charge in [0, 0.05) is 26.1 Å². The quantitative estimate of drug-likeness (QED) is 0.829. The third-order valence-electron chi connectivity index (χ3n) is 5.76. The summed E-state index contributed by atoms with van der Waals surface area (Å²) in [5, 5.41) is 12.0. The molecule has 0 aromatic heterocycles. The number of carbonyl (C=O) groups is 2. The Balaban J connectivity index is 1.32. The molecule has 0 aliphatic carbocycles. The Morgan fingerprint density at radius 2 is 1.79 bits per heavy atom. The molecule has 152 valence electrons. The zero-order chi connectivity index (χ0) is 20.4. The molecule has 1 saturated heterocycles. The number of aliphatic carboxylic acids is 1. The molecular weight excluding hydrogens is 368 g/mol. The zero-order valence-electron chi connectivity index (χ0n) is 16.6. The maximum atomic E-state index is 12.3. The monoisotopic (exact) mass is 394 g/mol. The molecule has 2 heterocycles. The molecule has 4 rings (SSSR count). The van der Waals surface area contributed by atoms with Crippen LogP contribution in [0.15, 0.2) is 42.5 Å². The summed E-state index contributed by atoms with van der Waals surface area (Å²) in [6.45, 7) is 3.51. The number of hydrogen-bond donors (Lipinski definition) is 2.